The zero-order valence-electron chi connectivity index (χ0n) is 11.5. The van der Waals surface area contributed by atoms with Gasteiger partial charge in [-0.15, -0.1) is 0 Å². The topological polar surface area (TPSA) is 41.9 Å². The second kappa shape index (κ2) is 6.33. The Labute approximate surface area is 127 Å². The van der Waals surface area contributed by atoms with Crippen LogP contribution in [0.25, 0.3) is 6.08 Å². The van der Waals surface area contributed by atoms with Gasteiger partial charge in [0, 0.05) is 14.1 Å². The van der Waals surface area contributed by atoms with Crippen LogP contribution in [0.1, 0.15) is 12.5 Å². The Balaban J connectivity index is 2.28. The molecule has 0 unspecified atom stereocenters. The monoisotopic (exact) mass is 310 g/mol. The van der Waals surface area contributed by atoms with E-state index in [1.807, 2.05) is 19.1 Å². The van der Waals surface area contributed by atoms with Crippen LogP contribution < -0.4 is 4.74 Å². The Morgan fingerprint density at radius 2 is 2.25 bits per heavy atom. The summed E-state index contributed by atoms with van der Waals surface area (Å²) in [5, 5.41) is 1.23. The van der Waals surface area contributed by atoms with Crippen molar-refractivity contribution in [3.63, 3.8) is 0 Å². The molecule has 1 heterocycles. The van der Waals surface area contributed by atoms with Crippen molar-refractivity contribution in [3.05, 3.63) is 33.7 Å². The first-order valence-corrected chi connectivity index (χ1v) is 7.33. The third-order valence-corrected chi connectivity index (χ3v) is 4.20. The zero-order chi connectivity index (χ0) is 14.7. The van der Waals surface area contributed by atoms with E-state index in [2.05, 4.69) is 4.99 Å². The maximum atomic E-state index is 12.0. The molecule has 1 aliphatic rings. The van der Waals surface area contributed by atoms with E-state index in [0.717, 1.165) is 5.56 Å². The lowest BCUT2D eigenvalue weighted by Gasteiger charge is -2.06. The maximum Gasteiger partial charge on any atom is 0.266 e. The van der Waals surface area contributed by atoms with Gasteiger partial charge in [0.25, 0.3) is 5.91 Å². The van der Waals surface area contributed by atoms with Gasteiger partial charge in [0.1, 0.15) is 5.75 Å². The average Bonchev–Trinajstić information content (AvgIpc) is 2.70. The van der Waals surface area contributed by atoms with Crippen molar-refractivity contribution in [2.75, 3.05) is 20.7 Å². The molecule has 0 atom stereocenters. The van der Waals surface area contributed by atoms with Crippen molar-refractivity contribution in [2.45, 2.75) is 6.92 Å². The van der Waals surface area contributed by atoms with Gasteiger partial charge in [-0.3, -0.25) is 14.7 Å². The normalized spacial score (nSPS) is 19.2. The molecule has 2 rings (SSSR count). The first-order valence-electron chi connectivity index (χ1n) is 6.13. The second-order valence-corrected chi connectivity index (χ2v) is 5.52. The van der Waals surface area contributed by atoms with Gasteiger partial charge in [0.2, 0.25) is 0 Å². The predicted octanol–water partition coefficient (Wildman–Crippen LogP) is 3.27. The zero-order valence-corrected chi connectivity index (χ0v) is 13.1. The number of likely N-dealkylation sites (N-methyl/N-ethyl adjacent to an activating group) is 1. The van der Waals surface area contributed by atoms with E-state index < -0.39 is 0 Å². The molecule has 6 heteroatoms. The number of rotatable bonds is 3. The van der Waals surface area contributed by atoms with E-state index in [0.29, 0.717) is 27.5 Å². The van der Waals surface area contributed by atoms with Gasteiger partial charge in [-0.05, 0) is 42.5 Å². The molecule has 1 amide bonds. The molecule has 1 aromatic rings. The van der Waals surface area contributed by atoms with Crippen LogP contribution in [0.15, 0.2) is 28.1 Å². The van der Waals surface area contributed by atoms with Crippen molar-refractivity contribution < 1.29 is 9.53 Å². The van der Waals surface area contributed by atoms with E-state index >= 15 is 0 Å². The minimum atomic E-state index is -0.0550. The maximum absolute atomic E-state index is 12.0. The number of aliphatic imine (C=N–C) groups is 1. The molecule has 1 aromatic carbocycles. The van der Waals surface area contributed by atoms with Crippen LogP contribution in [-0.4, -0.2) is 36.7 Å². The van der Waals surface area contributed by atoms with E-state index in [-0.39, 0.29) is 5.91 Å². The molecule has 1 aliphatic heterocycles. The molecule has 0 bridgehead atoms. The molecule has 0 spiro atoms. The van der Waals surface area contributed by atoms with Gasteiger partial charge in [0.15, 0.2) is 5.17 Å². The summed E-state index contributed by atoms with van der Waals surface area (Å²) in [5.41, 5.74) is 0.861. The lowest BCUT2D eigenvalue weighted by atomic mass is 10.2. The SMILES string of the molecule is CCOc1ccc(/C=C2\SC(=NC)N(C)C2=O)cc1Cl. The van der Waals surface area contributed by atoms with Gasteiger partial charge in [-0.2, -0.15) is 0 Å². The molecule has 0 aliphatic carbocycles. The number of amidine groups is 1. The first kappa shape index (κ1) is 14.9. The number of amides is 1. The Hall–Kier alpha value is -1.46. The Kier molecular flexibility index (Phi) is 4.73. The third kappa shape index (κ3) is 2.99. The second-order valence-electron chi connectivity index (χ2n) is 4.10. The summed E-state index contributed by atoms with van der Waals surface area (Å²) in [5.74, 6) is 0.593. The summed E-state index contributed by atoms with van der Waals surface area (Å²) in [6.45, 7) is 2.47. The van der Waals surface area contributed by atoms with Crippen molar-refractivity contribution in [1.29, 1.82) is 0 Å². The van der Waals surface area contributed by atoms with E-state index in [9.17, 15) is 4.79 Å². The molecule has 0 N–H and O–H groups in total. The Morgan fingerprint density at radius 3 is 2.80 bits per heavy atom. The molecule has 20 heavy (non-hydrogen) atoms. The van der Waals surface area contributed by atoms with E-state index in [1.54, 1.807) is 26.2 Å². The summed E-state index contributed by atoms with van der Waals surface area (Å²) in [4.78, 5) is 18.3. The summed E-state index contributed by atoms with van der Waals surface area (Å²) in [6, 6.07) is 5.47. The number of nitrogens with zero attached hydrogens (tertiary/aromatic N) is 2. The molecule has 106 valence electrons. The fourth-order valence-corrected chi connectivity index (χ4v) is 2.95. The quantitative estimate of drug-likeness (QED) is 0.805. The standard InChI is InChI=1S/C14H15ClN2O2S/c1-4-19-11-6-5-9(7-10(11)15)8-12-13(18)17(3)14(16-2)20-12/h5-8H,4H2,1-3H3/b12-8-,16-14?. The average molecular weight is 311 g/mol. The highest BCUT2D eigenvalue weighted by molar-refractivity contribution is 8.18. The smallest absolute Gasteiger partial charge is 0.266 e. The number of thioether (sulfide) groups is 1. The van der Waals surface area contributed by atoms with E-state index in [1.165, 1.54) is 16.7 Å². The minimum absolute atomic E-state index is 0.0550. The number of ether oxygens (including phenoxy) is 1. The number of hydrogen-bond acceptors (Lipinski definition) is 4. The van der Waals surface area contributed by atoms with Crippen LogP contribution in [-0.2, 0) is 4.79 Å². The number of benzene rings is 1. The van der Waals surface area contributed by atoms with Gasteiger partial charge in [-0.25, -0.2) is 0 Å². The highest BCUT2D eigenvalue weighted by Crippen LogP contribution is 2.32. The Bertz CT molecular complexity index is 599. The summed E-state index contributed by atoms with van der Waals surface area (Å²) >= 11 is 7.49. The van der Waals surface area contributed by atoms with Crippen LogP contribution in [0.2, 0.25) is 5.02 Å². The highest BCUT2D eigenvalue weighted by atomic mass is 35.5. The number of halogens is 1. The van der Waals surface area contributed by atoms with Crippen LogP contribution in [0.5, 0.6) is 5.75 Å². The molecule has 0 aromatic heterocycles. The number of hydrogen-bond donors (Lipinski definition) is 0. The van der Waals surface area contributed by atoms with E-state index in [4.69, 9.17) is 16.3 Å². The van der Waals surface area contributed by atoms with Crippen LogP contribution in [0.3, 0.4) is 0 Å². The van der Waals surface area contributed by atoms with Crippen LogP contribution >= 0.6 is 23.4 Å². The molecular formula is C14H15ClN2O2S. The number of carbonyl (C=O) groups is 1. The summed E-state index contributed by atoms with van der Waals surface area (Å²) in [6.07, 6.45) is 1.81. The van der Waals surface area contributed by atoms with Crippen LogP contribution in [0, 0.1) is 0 Å². The van der Waals surface area contributed by atoms with Crippen molar-refractivity contribution in [1.82, 2.24) is 4.90 Å². The molecule has 1 saturated heterocycles. The molecular weight excluding hydrogens is 296 g/mol. The number of carbonyl (C=O) groups excluding carboxylic acids is 1. The molecule has 1 fully saturated rings. The predicted molar refractivity (Wildman–Crippen MR) is 84.3 cm³/mol. The summed E-state index contributed by atoms with van der Waals surface area (Å²) in [7, 11) is 3.38. The minimum Gasteiger partial charge on any atom is -0.492 e. The molecule has 0 radical (unpaired) electrons. The third-order valence-electron chi connectivity index (χ3n) is 2.75. The van der Waals surface area contributed by atoms with Crippen LogP contribution in [0.4, 0.5) is 0 Å². The van der Waals surface area contributed by atoms with Gasteiger partial charge in [-0.1, -0.05) is 17.7 Å². The largest absolute Gasteiger partial charge is 0.492 e. The van der Waals surface area contributed by atoms with Gasteiger partial charge in [0.05, 0.1) is 16.5 Å². The summed E-state index contributed by atoms with van der Waals surface area (Å²) < 4.78 is 5.38. The first-order chi connectivity index (χ1) is 9.56. The lowest BCUT2D eigenvalue weighted by molar-refractivity contribution is -0.121. The lowest BCUT2D eigenvalue weighted by Crippen LogP contribution is -2.23. The van der Waals surface area contributed by atoms with Gasteiger partial charge < -0.3 is 4.74 Å². The molecule has 0 saturated carbocycles. The molecule has 4 nitrogen and oxygen atoms in total. The van der Waals surface area contributed by atoms with Crippen molar-refractivity contribution in [3.8, 4) is 5.75 Å². The highest BCUT2D eigenvalue weighted by Gasteiger charge is 2.29. The fraction of sp³-hybridized carbons (Fsp3) is 0.286. The van der Waals surface area contributed by atoms with Gasteiger partial charge >= 0.3 is 0 Å². The van der Waals surface area contributed by atoms with Crippen molar-refractivity contribution >= 4 is 40.5 Å². The fourth-order valence-electron chi connectivity index (χ4n) is 1.78. The van der Waals surface area contributed by atoms with Crippen molar-refractivity contribution in [2.24, 2.45) is 4.99 Å². The Morgan fingerprint density at radius 1 is 1.50 bits per heavy atom.